The topological polar surface area (TPSA) is 53.3 Å². The Kier molecular flexibility index (Phi) is 4.53. The predicted octanol–water partition coefficient (Wildman–Crippen LogP) is 2.23. The second kappa shape index (κ2) is 6.35. The van der Waals surface area contributed by atoms with Gasteiger partial charge < -0.3 is 9.64 Å². The average molecular weight is 258 g/mol. The minimum Gasteiger partial charge on any atom is -0.384 e. The predicted molar refractivity (Wildman–Crippen MR) is 73.4 cm³/mol. The molecule has 1 unspecified atom stereocenters. The number of benzene rings is 1. The van der Waals surface area contributed by atoms with Gasteiger partial charge in [0.15, 0.2) is 0 Å². The van der Waals surface area contributed by atoms with E-state index in [0.717, 1.165) is 38.1 Å². The zero-order valence-electron chi connectivity index (χ0n) is 11.1. The van der Waals surface area contributed by atoms with E-state index in [1.54, 1.807) is 19.2 Å². The number of nitriles is 1. The molecule has 1 heterocycles. The molecule has 0 amide bonds. The molecule has 1 aliphatic heterocycles. The fourth-order valence-electron chi connectivity index (χ4n) is 2.65. The van der Waals surface area contributed by atoms with E-state index in [2.05, 4.69) is 11.0 Å². The molecule has 19 heavy (non-hydrogen) atoms. The standard InChI is InChI=1S/C15H18N2O2/c1-19-11-13-3-2-6-17(9-13)15-5-4-12(10-18)7-14(15)8-16/h4-5,7,10,13H,2-3,6,9,11H2,1H3. The number of hydrogen-bond donors (Lipinski definition) is 0. The molecular weight excluding hydrogens is 240 g/mol. The number of nitrogens with zero attached hydrogens (tertiary/aromatic N) is 2. The average Bonchev–Trinajstić information content (AvgIpc) is 2.47. The molecule has 1 aliphatic rings. The quantitative estimate of drug-likeness (QED) is 0.777. The van der Waals surface area contributed by atoms with Crippen molar-refractivity contribution in [3.05, 3.63) is 29.3 Å². The molecule has 1 aromatic carbocycles. The third-order valence-electron chi connectivity index (χ3n) is 3.54. The molecule has 0 radical (unpaired) electrons. The molecule has 0 saturated carbocycles. The fraction of sp³-hybridized carbons (Fsp3) is 0.467. The minimum atomic E-state index is 0.510. The lowest BCUT2D eigenvalue weighted by molar-refractivity contribution is 0.112. The van der Waals surface area contributed by atoms with Gasteiger partial charge in [-0.15, -0.1) is 0 Å². The Morgan fingerprint density at radius 1 is 1.58 bits per heavy atom. The zero-order chi connectivity index (χ0) is 13.7. The monoisotopic (exact) mass is 258 g/mol. The molecule has 0 aromatic heterocycles. The summed E-state index contributed by atoms with van der Waals surface area (Å²) >= 11 is 0. The maximum atomic E-state index is 10.8. The first-order valence-corrected chi connectivity index (χ1v) is 6.51. The van der Waals surface area contributed by atoms with Gasteiger partial charge in [0.05, 0.1) is 17.9 Å². The third-order valence-corrected chi connectivity index (χ3v) is 3.54. The van der Waals surface area contributed by atoms with Crippen LogP contribution in [0, 0.1) is 17.2 Å². The molecule has 100 valence electrons. The summed E-state index contributed by atoms with van der Waals surface area (Å²) < 4.78 is 5.22. The highest BCUT2D eigenvalue weighted by molar-refractivity contribution is 5.78. The van der Waals surface area contributed by atoms with Gasteiger partial charge in [-0.05, 0) is 37.0 Å². The Balaban J connectivity index is 2.21. The summed E-state index contributed by atoms with van der Waals surface area (Å²) in [6, 6.07) is 7.48. The van der Waals surface area contributed by atoms with E-state index in [1.807, 2.05) is 6.07 Å². The Hall–Kier alpha value is -1.86. The van der Waals surface area contributed by atoms with Gasteiger partial charge in [0.1, 0.15) is 12.4 Å². The van der Waals surface area contributed by atoms with Crippen LogP contribution in [0.3, 0.4) is 0 Å². The third kappa shape index (κ3) is 3.12. The van der Waals surface area contributed by atoms with Gasteiger partial charge in [0.2, 0.25) is 0 Å². The summed E-state index contributed by atoms with van der Waals surface area (Å²) in [7, 11) is 1.72. The summed E-state index contributed by atoms with van der Waals surface area (Å²) in [5.41, 5.74) is 2.04. The molecular formula is C15H18N2O2. The molecule has 4 nitrogen and oxygen atoms in total. The minimum absolute atomic E-state index is 0.510. The molecule has 0 aliphatic carbocycles. The number of ether oxygens (including phenoxy) is 1. The summed E-state index contributed by atoms with van der Waals surface area (Å²) in [4.78, 5) is 13.0. The first-order chi connectivity index (χ1) is 9.28. The van der Waals surface area contributed by atoms with E-state index in [9.17, 15) is 10.1 Å². The number of aldehydes is 1. The van der Waals surface area contributed by atoms with Crippen LogP contribution in [0.4, 0.5) is 5.69 Å². The Morgan fingerprint density at radius 3 is 3.11 bits per heavy atom. The van der Waals surface area contributed by atoms with Crippen LogP contribution in [0.2, 0.25) is 0 Å². The van der Waals surface area contributed by atoms with Crippen molar-refractivity contribution in [2.45, 2.75) is 12.8 Å². The number of carbonyl (C=O) groups excluding carboxylic acids is 1. The van der Waals surface area contributed by atoms with E-state index in [0.29, 0.717) is 17.0 Å². The molecule has 0 spiro atoms. The van der Waals surface area contributed by atoms with Gasteiger partial charge in [0, 0.05) is 25.8 Å². The van der Waals surface area contributed by atoms with Crippen LogP contribution >= 0.6 is 0 Å². The zero-order valence-corrected chi connectivity index (χ0v) is 11.1. The largest absolute Gasteiger partial charge is 0.384 e. The summed E-state index contributed by atoms with van der Waals surface area (Å²) in [5.74, 6) is 0.510. The smallest absolute Gasteiger partial charge is 0.150 e. The number of rotatable bonds is 4. The second-order valence-corrected chi connectivity index (χ2v) is 4.92. The molecule has 1 aromatic rings. The van der Waals surface area contributed by atoms with E-state index < -0.39 is 0 Å². The number of carbonyl (C=O) groups is 1. The van der Waals surface area contributed by atoms with Crippen LogP contribution in [0.5, 0.6) is 0 Å². The van der Waals surface area contributed by atoms with Crippen LogP contribution in [-0.2, 0) is 4.74 Å². The maximum Gasteiger partial charge on any atom is 0.150 e. The number of anilines is 1. The molecule has 0 N–H and O–H groups in total. The first-order valence-electron chi connectivity index (χ1n) is 6.51. The van der Waals surface area contributed by atoms with Crippen LogP contribution in [-0.4, -0.2) is 33.1 Å². The van der Waals surface area contributed by atoms with E-state index in [4.69, 9.17) is 4.74 Å². The van der Waals surface area contributed by atoms with Gasteiger partial charge in [-0.25, -0.2) is 0 Å². The fourth-order valence-corrected chi connectivity index (χ4v) is 2.65. The lowest BCUT2D eigenvalue weighted by atomic mass is 9.97. The molecule has 2 rings (SSSR count). The number of hydrogen-bond acceptors (Lipinski definition) is 4. The molecule has 0 bridgehead atoms. The van der Waals surface area contributed by atoms with Crippen molar-refractivity contribution < 1.29 is 9.53 Å². The first kappa shape index (κ1) is 13.6. The van der Waals surface area contributed by atoms with Crippen molar-refractivity contribution in [1.82, 2.24) is 0 Å². The molecule has 1 atom stereocenters. The van der Waals surface area contributed by atoms with Gasteiger partial charge in [-0.3, -0.25) is 4.79 Å². The van der Waals surface area contributed by atoms with E-state index in [1.165, 1.54) is 6.42 Å². The van der Waals surface area contributed by atoms with Crippen LogP contribution in [0.15, 0.2) is 18.2 Å². The maximum absolute atomic E-state index is 10.8. The lowest BCUT2D eigenvalue weighted by Crippen LogP contribution is -2.37. The summed E-state index contributed by atoms with van der Waals surface area (Å²) in [6.45, 7) is 2.61. The Labute approximate surface area is 113 Å². The Morgan fingerprint density at radius 2 is 2.42 bits per heavy atom. The van der Waals surface area contributed by atoms with Crippen molar-refractivity contribution in [2.24, 2.45) is 5.92 Å². The van der Waals surface area contributed by atoms with E-state index >= 15 is 0 Å². The molecule has 4 heteroatoms. The van der Waals surface area contributed by atoms with Crippen LogP contribution in [0.25, 0.3) is 0 Å². The molecule has 1 fully saturated rings. The Bertz CT molecular complexity index is 491. The highest BCUT2D eigenvalue weighted by Crippen LogP contribution is 2.26. The van der Waals surface area contributed by atoms with Crippen molar-refractivity contribution in [3.63, 3.8) is 0 Å². The van der Waals surface area contributed by atoms with Gasteiger partial charge in [0.25, 0.3) is 0 Å². The summed E-state index contributed by atoms with van der Waals surface area (Å²) in [6.07, 6.45) is 3.04. The van der Waals surface area contributed by atoms with Gasteiger partial charge in [-0.2, -0.15) is 5.26 Å². The second-order valence-electron chi connectivity index (χ2n) is 4.92. The summed E-state index contributed by atoms with van der Waals surface area (Å²) in [5, 5.41) is 9.22. The SMILES string of the molecule is COCC1CCCN(c2ccc(C=O)cc2C#N)C1. The van der Waals surface area contributed by atoms with Crippen molar-refractivity contribution in [1.29, 1.82) is 5.26 Å². The van der Waals surface area contributed by atoms with Crippen molar-refractivity contribution in [3.8, 4) is 6.07 Å². The number of methoxy groups -OCH3 is 1. The molecule has 1 saturated heterocycles. The van der Waals surface area contributed by atoms with Gasteiger partial charge in [-0.1, -0.05) is 0 Å². The number of piperidine rings is 1. The highest BCUT2D eigenvalue weighted by Gasteiger charge is 2.21. The van der Waals surface area contributed by atoms with Crippen LogP contribution < -0.4 is 4.90 Å². The van der Waals surface area contributed by atoms with Crippen LogP contribution in [0.1, 0.15) is 28.8 Å². The van der Waals surface area contributed by atoms with Gasteiger partial charge >= 0.3 is 0 Å². The lowest BCUT2D eigenvalue weighted by Gasteiger charge is -2.34. The highest BCUT2D eigenvalue weighted by atomic mass is 16.5. The van der Waals surface area contributed by atoms with Crippen molar-refractivity contribution in [2.75, 3.05) is 31.7 Å². The van der Waals surface area contributed by atoms with E-state index in [-0.39, 0.29) is 0 Å². The normalized spacial score (nSPS) is 18.9. The van der Waals surface area contributed by atoms with Crippen molar-refractivity contribution >= 4 is 12.0 Å².